The van der Waals surface area contributed by atoms with Crippen molar-refractivity contribution in [2.75, 3.05) is 26.2 Å². The number of aliphatic hydroxyl groups is 1. The molecule has 0 spiro atoms. The van der Waals surface area contributed by atoms with E-state index in [1.807, 2.05) is 6.20 Å². The van der Waals surface area contributed by atoms with Gasteiger partial charge in [0.15, 0.2) is 0 Å². The Morgan fingerprint density at radius 3 is 3.16 bits per heavy atom. The number of piperidine rings is 1. The zero-order chi connectivity index (χ0) is 17.1. The summed E-state index contributed by atoms with van der Waals surface area (Å²) in [5.74, 6) is 0.549. The van der Waals surface area contributed by atoms with Gasteiger partial charge in [-0.25, -0.2) is 4.98 Å². The smallest absolute Gasteiger partial charge is 0.138 e. The van der Waals surface area contributed by atoms with Gasteiger partial charge in [-0.3, -0.25) is 4.72 Å². The van der Waals surface area contributed by atoms with Gasteiger partial charge in [0.05, 0.1) is 10.8 Å². The molecule has 0 bridgehead atoms. The van der Waals surface area contributed by atoms with E-state index in [0.29, 0.717) is 12.5 Å². The SMILES string of the molecule is OCCNSc1ccc(-c2ccnc3[nH]c(C4CCCNC4)cc23)s1. The number of nitrogens with one attached hydrogen (secondary N) is 3. The lowest BCUT2D eigenvalue weighted by Gasteiger charge is -2.21. The minimum absolute atomic E-state index is 0.151. The quantitative estimate of drug-likeness (QED) is 0.393. The summed E-state index contributed by atoms with van der Waals surface area (Å²) in [6.45, 7) is 2.91. The van der Waals surface area contributed by atoms with Crippen LogP contribution in [-0.4, -0.2) is 41.3 Å². The highest BCUT2D eigenvalue weighted by molar-refractivity contribution is 7.99. The fourth-order valence-electron chi connectivity index (χ4n) is 3.29. The van der Waals surface area contributed by atoms with E-state index in [-0.39, 0.29) is 6.61 Å². The number of aliphatic hydroxyl groups excluding tert-OH is 1. The lowest BCUT2D eigenvalue weighted by Crippen LogP contribution is -2.28. The van der Waals surface area contributed by atoms with Crippen molar-refractivity contribution in [2.24, 2.45) is 0 Å². The zero-order valence-electron chi connectivity index (χ0n) is 13.9. The Morgan fingerprint density at radius 2 is 2.32 bits per heavy atom. The summed E-state index contributed by atoms with van der Waals surface area (Å²) in [5.41, 5.74) is 3.49. The van der Waals surface area contributed by atoms with Crippen LogP contribution < -0.4 is 10.0 Å². The highest BCUT2D eigenvalue weighted by atomic mass is 32.2. The van der Waals surface area contributed by atoms with Crippen molar-refractivity contribution in [1.82, 2.24) is 20.0 Å². The van der Waals surface area contributed by atoms with Crippen LogP contribution in [-0.2, 0) is 0 Å². The van der Waals surface area contributed by atoms with Gasteiger partial charge in [-0.15, -0.1) is 11.3 Å². The van der Waals surface area contributed by atoms with Gasteiger partial charge in [0, 0.05) is 46.7 Å². The van der Waals surface area contributed by atoms with E-state index < -0.39 is 0 Å². The molecular formula is C18H22N4OS2. The molecule has 1 aliphatic rings. The molecule has 4 N–H and O–H groups in total. The number of aromatic nitrogens is 2. The standard InChI is InChI=1S/C18H22N4OS2/c23-9-8-21-25-17-4-3-16(24-17)13-5-7-20-18-14(13)10-15(22-18)12-2-1-6-19-11-12/h3-5,7,10,12,19,21,23H,1-2,6,8-9,11H2,(H,20,22). The zero-order valence-corrected chi connectivity index (χ0v) is 15.6. The average molecular weight is 375 g/mol. The molecule has 0 amide bonds. The van der Waals surface area contributed by atoms with Crippen LogP contribution in [0.1, 0.15) is 24.5 Å². The normalized spacial score (nSPS) is 18.0. The third-order valence-corrected chi connectivity index (χ3v) is 6.62. The van der Waals surface area contributed by atoms with Gasteiger partial charge < -0.3 is 15.4 Å². The van der Waals surface area contributed by atoms with E-state index in [4.69, 9.17) is 5.11 Å². The molecule has 1 unspecified atom stereocenters. The molecule has 132 valence electrons. The molecule has 4 heterocycles. The molecule has 3 aromatic heterocycles. The topological polar surface area (TPSA) is 73.0 Å². The Hall–Kier alpha value is -1.38. The summed E-state index contributed by atoms with van der Waals surface area (Å²) in [6.07, 6.45) is 4.34. The highest BCUT2D eigenvalue weighted by Crippen LogP contribution is 2.37. The van der Waals surface area contributed by atoms with E-state index in [2.05, 4.69) is 44.3 Å². The van der Waals surface area contributed by atoms with Gasteiger partial charge in [0.2, 0.25) is 0 Å². The lowest BCUT2D eigenvalue weighted by molar-refractivity contribution is 0.302. The number of aromatic amines is 1. The largest absolute Gasteiger partial charge is 0.395 e. The molecular weight excluding hydrogens is 352 g/mol. The first kappa shape index (κ1) is 17.1. The van der Waals surface area contributed by atoms with Crippen molar-refractivity contribution in [3.05, 3.63) is 36.2 Å². The Bertz CT molecular complexity index is 839. The fraction of sp³-hybridized carbons (Fsp3) is 0.389. The van der Waals surface area contributed by atoms with E-state index in [0.717, 1.165) is 18.7 Å². The van der Waals surface area contributed by atoms with Crippen molar-refractivity contribution < 1.29 is 5.11 Å². The number of hydrogen-bond donors (Lipinski definition) is 4. The molecule has 4 rings (SSSR count). The second kappa shape index (κ2) is 7.88. The van der Waals surface area contributed by atoms with Crippen LogP contribution in [0.15, 0.2) is 34.7 Å². The van der Waals surface area contributed by atoms with Gasteiger partial charge in [0.1, 0.15) is 5.65 Å². The molecule has 3 aromatic rings. The molecule has 1 fully saturated rings. The van der Waals surface area contributed by atoms with Gasteiger partial charge in [-0.1, -0.05) is 0 Å². The molecule has 1 aliphatic heterocycles. The van der Waals surface area contributed by atoms with E-state index in [1.165, 1.54) is 38.6 Å². The summed E-state index contributed by atoms with van der Waals surface area (Å²) >= 11 is 3.33. The number of pyridine rings is 1. The number of hydrogen-bond acceptors (Lipinski definition) is 6. The summed E-state index contributed by atoms with van der Waals surface area (Å²) in [4.78, 5) is 9.31. The predicted octanol–water partition coefficient (Wildman–Crippen LogP) is 3.35. The van der Waals surface area contributed by atoms with Crippen LogP contribution in [0, 0.1) is 0 Å². The van der Waals surface area contributed by atoms with Gasteiger partial charge >= 0.3 is 0 Å². The fourth-order valence-corrected chi connectivity index (χ4v) is 5.15. The van der Waals surface area contributed by atoms with Crippen LogP contribution in [0.4, 0.5) is 0 Å². The van der Waals surface area contributed by atoms with Crippen molar-refractivity contribution in [3.8, 4) is 10.4 Å². The summed E-state index contributed by atoms with van der Waals surface area (Å²) in [7, 11) is 0. The van der Waals surface area contributed by atoms with Crippen LogP contribution in [0.2, 0.25) is 0 Å². The first-order chi connectivity index (χ1) is 12.3. The summed E-state index contributed by atoms with van der Waals surface area (Å²) < 4.78 is 4.35. The minimum Gasteiger partial charge on any atom is -0.395 e. The number of nitrogens with zero attached hydrogens (tertiary/aromatic N) is 1. The number of thiophene rings is 1. The number of fused-ring (bicyclic) bond motifs is 1. The second-order valence-electron chi connectivity index (χ2n) is 6.23. The number of H-pyrrole nitrogens is 1. The van der Waals surface area contributed by atoms with E-state index >= 15 is 0 Å². The molecule has 1 saturated heterocycles. The van der Waals surface area contributed by atoms with Gasteiger partial charge in [-0.2, -0.15) is 0 Å². The van der Waals surface area contributed by atoms with Crippen LogP contribution in [0.3, 0.4) is 0 Å². The van der Waals surface area contributed by atoms with Crippen LogP contribution in [0.25, 0.3) is 21.5 Å². The lowest BCUT2D eigenvalue weighted by atomic mass is 9.96. The third kappa shape index (κ3) is 3.75. The average Bonchev–Trinajstić information content (AvgIpc) is 3.29. The first-order valence-corrected chi connectivity index (χ1v) is 10.3. The monoisotopic (exact) mass is 374 g/mol. The minimum atomic E-state index is 0.151. The van der Waals surface area contributed by atoms with Crippen molar-refractivity contribution in [1.29, 1.82) is 0 Å². The van der Waals surface area contributed by atoms with Gasteiger partial charge in [-0.05, 0) is 55.6 Å². The first-order valence-electron chi connectivity index (χ1n) is 8.64. The third-order valence-electron chi connectivity index (χ3n) is 4.52. The molecule has 0 saturated carbocycles. The van der Waals surface area contributed by atoms with Crippen molar-refractivity contribution in [2.45, 2.75) is 23.0 Å². The van der Waals surface area contributed by atoms with Gasteiger partial charge in [0.25, 0.3) is 0 Å². The molecule has 1 atom stereocenters. The maximum atomic E-state index is 8.87. The molecule has 0 aliphatic carbocycles. The van der Waals surface area contributed by atoms with Crippen molar-refractivity contribution >= 4 is 34.3 Å². The Morgan fingerprint density at radius 1 is 1.36 bits per heavy atom. The number of rotatable bonds is 6. The van der Waals surface area contributed by atoms with Crippen LogP contribution >= 0.6 is 23.3 Å². The Labute approximate surface area is 155 Å². The molecule has 7 heteroatoms. The van der Waals surface area contributed by atoms with Crippen molar-refractivity contribution in [3.63, 3.8) is 0 Å². The maximum Gasteiger partial charge on any atom is 0.138 e. The molecule has 5 nitrogen and oxygen atoms in total. The molecule has 0 radical (unpaired) electrons. The Kier molecular flexibility index (Phi) is 5.38. The highest BCUT2D eigenvalue weighted by Gasteiger charge is 2.19. The van der Waals surface area contributed by atoms with E-state index in [1.54, 1.807) is 23.3 Å². The summed E-state index contributed by atoms with van der Waals surface area (Å²) in [5, 5.41) is 13.6. The summed E-state index contributed by atoms with van der Waals surface area (Å²) in [6, 6.07) is 8.67. The second-order valence-corrected chi connectivity index (χ2v) is 8.50. The Balaban J connectivity index is 1.62. The van der Waals surface area contributed by atoms with E-state index in [9.17, 15) is 0 Å². The molecule has 0 aromatic carbocycles. The van der Waals surface area contributed by atoms with Crippen LogP contribution in [0.5, 0.6) is 0 Å². The molecule has 25 heavy (non-hydrogen) atoms. The predicted molar refractivity (Wildman–Crippen MR) is 105 cm³/mol. The maximum absolute atomic E-state index is 8.87.